The number of thiazole rings is 1. The van der Waals surface area contributed by atoms with Crippen molar-refractivity contribution in [1.82, 2.24) is 4.98 Å². The van der Waals surface area contributed by atoms with E-state index < -0.39 is 10.7 Å². The van der Waals surface area contributed by atoms with E-state index in [2.05, 4.69) is 10.3 Å². The molecule has 6 nitrogen and oxygen atoms in total. The van der Waals surface area contributed by atoms with E-state index in [1.165, 1.54) is 23.5 Å². The van der Waals surface area contributed by atoms with Crippen LogP contribution in [-0.4, -0.2) is 16.5 Å². The molecule has 1 aromatic carbocycles. The number of rotatable bonds is 6. The van der Waals surface area contributed by atoms with Crippen LogP contribution in [0.1, 0.15) is 11.8 Å². The molecule has 0 saturated carbocycles. The fourth-order valence-electron chi connectivity index (χ4n) is 1.48. The molecule has 2 aromatic rings. The topological polar surface area (TPSA) is 77.3 Å². The SMILES string of the molecule is CCNc1ncc(COc2ccc([N+](=O)[O-])cc2F)s1. The van der Waals surface area contributed by atoms with Crippen molar-refractivity contribution < 1.29 is 14.1 Å². The fraction of sp³-hybridized carbons (Fsp3) is 0.250. The molecule has 0 saturated heterocycles. The molecule has 1 aromatic heterocycles. The van der Waals surface area contributed by atoms with E-state index in [9.17, 15) is 14.5 Å². The fourth-order valence-corrected chi connectivity index (χ4v) is 2.27. The van der Waals surface area contributed by atoms with Gasteiger partial charge in [-0.2, -0.15) is 0 Å². The van der Waals surface area contributed by atoms with Gasteiger partial charge in [-0.3, -0.25) is 10.1 Å². The van der Waals surface area contributed by atoms with E-state index >= 15 is 0 Å². The molecule has 0 unspecified atom stereocenters. The lowest BCUT2D eigenvalue weighted by Gasteiger charge is -2.05. The first kappa shape index (κ1) is 14.2. The van der Waals surface area contributed by atoms with Crippen molar-refractivity contribution in [3.8, 4) is 5.75 Å². The van der Waals surface area contributed by atoms with Crippen LogP contribution in [0.3, 0.4) is 0 Å². The summed E-state index contributed by atoms with van der Waals surface area (Å²) < 4.78 is 18.9. The van der Waals surface area contributed by atoms with E-state index in [0.29, 0.717) is 0 Å². The van der Waals surface area contributed by atoms with Crippen LogP contribution in [0.25, 0.3) is 0 Å². The highest BCUT2D eigenvalue weighted by molar-refractivity contribution is 7.15. The molecule has 20 heavy (non-hydrogen) atoms. The molecule has 0 aliphatic carbocycles. The number of benzene rings is 1. The first-order valence-electron chi connectivity index (χ1n) is 5.85. The molecule has 0 spiro atoms. The normalized spacial score (nSPS) is 10.3. The third kappa shape index (κ3) is 3.41. The standard InChI is InChI=1S/C12H12FN3O3S/c1-2-14-12-15-6-9(20-12)7-19-11-4-3-8(16(17)18)5-10(11)13/h3-6H,2,7H2,1H3,(H,14,15). The number of halogens is 1. The van der Waals surface area contributed by atoms with Crippen molar-refractivity contribution >= 4 is 22.2 Å². The van der Waals surface area contributed by atoms with Gasteiger partial charge in [0.1, 0.15) is 6.61 Å². The average molecular weight is 297 g/mol. The molecule has 1 N–H and O–H groups in total. The molecule has 1 heterocycles. The summed E-state index contributed by atoms with van der Waals surface area (Å²) in [4.78, 5) is 14.8. The summed E-state index contributed by atoms with van der Waals surface area (Å²) in [5.74, 6) is -0.773. The van der Waals surface area contributed by atoms with Gasteiger partial charge >= 0.3 is 0 Å². The highest BCUT2D eigenvalue weighted by Gasteiger charge is 2.12. The summed E-state index contributed by atoms with van der Waals surface area (Å²) in [6, 6.07) is 3.29. The van der Waals surface area contributed by atoms with Gasteiger partial charge in [0.2, 0.25) is 0 Å². The minimum Gasteiger partial charge on any atom is -0.485 e. The maximum absolute atomic E-state index is 13.6. The lowest BCUT2D eigenvalue weighted by molar-refractivity contribution is -0.385. The van der Waals surface area contributed by atoms with Gasteiger partial charge in [0.25, 0.3) is 5.69 Å². The smallest absolute Gasteiger partial charge is 0.272 e. The van der Waals surface area contributed by atoms with Crippen molar-refractivity contribution in [2.75, 3.05) is 11.9 Å². The highest BCUT2D eigenvalue weighted by atomic mass is 32.1. The molecular weight excluding hydrogens is 285 g/mol. The van der Waals surface area contributed by atoms with Crippen LogP contribution in [0.4, 0.5) is 15.2 Å². The Morgan fingerprint density at radius 2 is 2.35 bits per heavy atom. The van der Waals surface area contributed by atoms with Crippen LogP contribution >= 0.6 is 11.3 Å². The van der Waals surface area contributed by atoms with E-state index in [4.69, 9.17) is 4.74 Å². The van der Waals surface area contributed by atoms with Crippen molar-refractivity contribution in [2.45, 2.75) is 13.5 Å². The van der Waals surface area contributed by atoms with Gasteiger partial charge < -0.3 is 10.1 Å². The van der Waals surface area contributed by atoms with Gasteiger partial charge in [-0.1, -0.05) is 11.3 Å². The van der Waals surface area contributed by atoms with Crippen molar-refractivity contribution in [3.63, 3.8) is 0 Å². The van der Waals surface area contributed by atoms with E-state index in [1.807, 2.05) is 6.92 Å². The molecule has 2 rings (SSSR count). The number of hydrogen-bond acceptors (Lipinski definition) is 6. The Labute approximate surface area is 118 Å². The van der Waals surface area contributed by atoms with Crippen LogP contribution in [0.2, 0.25) is 0 Å². The predicted octanol–water partition coefficient (Wildman–Crippen LogP) is 3.20. The Hall–Kier alpha value is -2.22. The molecule has 0 radical (unpaired) electrons. The second-order valence-electron chi connectivity index (χ2n) is 3.82. The van der Waals surface area contributed by atoms with Gasteiger partial charge in [0, 0.05) is 18.8 Å². The zero-order valence-corrected chi connectivity index (χ0v) is 11.4. The lowest BCUT2D eigenvalue weighted by Crippen LogP contribution is -1.97. The van der Waals surface area contributed by atoms with Crippen LogP contribution in [-0.2, 0) is 6.61 Å². The summed E-state index contributed by atoms with van der Waals surface area (Å²) >= 11 is 1.41. The lowest BCUT2D eigenvalue weighted by atomic mass is 10.3. The number of nitrogens with zero attached hydrogens (tertiary/aromatic N) is 2. The minimum atomic E-state index is -0.754. The molecule has 0 amide bonds. The van der Waals surface area contributed by atoms with Crippen molar-refractivity contribution in [2.24, 2.45) is 0 Å². The molecule has 106 valence electrons. The molecule has 0 aliphatic heterocycles. The zero-order valence-electron chi connectivity index (χ0n) is 10.6. The maximum atomic E-state index is 13.6. The first-order valence-corrected chi connectivity index (χ1v) is 6.67. The Bertz CT molecular complexity index is 618. The average Bonchev–Trinajstić information content (AvgIpc) is 2.85. The Balaban J connectivity index is 2.01. The first-order chi connectivity index (χ1) is 9.60. The number of non-ortho nitro benzene ring substituents is 1. The third-order valence-electron chi connectivity index (χ3n) is 2.38. The van der Waals surface area contributed by atoms with Gasteiger partial charge in [-0.25, -0.2) is 9.37 Å². The van der Waals surface area contributed by atoms with Crippen molar-refractivity contribution in [3.05, 3.63) is 45.2 Å². The third-order valence-corrected chi connectivity index (χ3v) is 3.31. The summed E-state index contributed by atoms with van der Waals surface area (Å²) in [5.41, 5.74) is -0.304. The summed E-state index contributed by atoms with van der Waals surface area (Å²) in [5, 5.41) is 14.3. The number of aromatic nitrogens is 1. The number of nitro benzene ring substituents is 1. The Morgan fingerprint density at radius 3 is 3.00 bits per heavy atom. The number of nitro groups is 1. The summed E-state index contributed by atoms with van der Waals surface area (Å²) in [6.45, 7) is 2.90. The monoisotopic (exact) mass is 297 g/mol. The van der Waals surface area contributed by atoms with E-state index in [0.717, 1.165) is 22.6 Å². The van der Waals surface area contributed by atoms with E-state index in [1.54, 1.807) is 6.20 Å². The van der Waals surface area contributed by atoms with E-state index in [-0.39, 0.29) is 18.0 Å². The largest absolute Gasteiger partial charge is 0.485 e. The number of anilines is 1. The minimum absolute atomic E-state index is 0.0194. The van der Waals surface area contributed by atoms with Gasteiger partial charge in [-0.05, 0) is 13.0 Å². The van der Waals surface area contributed by atoms with Crippen LogP contribution in [0, 0.1) is 15.9 Å². The number of nitrogens with one attached hydrogen (secondary N) is 1. The predicted molar refractivity (Wildman–Crippen MR) is 73.7 cm³/mol. The second-order valence-corrected chi connectivity index (χ2v) is 4.94. The van der Waals surface area contributed by atoms with Crippen LogP contribution in [0.5, 0.6) is 5.75 Å². The summed E-state index contributed by atoms with van der Waals surface area (Å²) in [6.07, 6.45) is 1.64. The Kier molecular flexibility index (Phi) is 4.46. The molecule has 0 aliphatic rings. The van der Waals surface area contributed by atoms with Crippen LogP contribution < -0.4 is 10.1 Å². The molecule has 8 heteroatoms. The molecular formula is C12H12FN3O3S. The number of hydrogen-bond donors (Lipinski definition) is 1. The molecule has 0 bridgehead atoms. The molecule has 0 fully saturated rings. The quantitative estimate of drug-likeness (QED) is 0.654. The maximum Gasteiger partial charge on any atom is 0.272 e. The van der Waals surface area contributed by atoms with Gasteiger partial charge in [0.05, 0.1) is 15.9 Å². The van der Waals surface area contributed by atoms with Crippen molar-refractivity contribution in [1.29, 1.82) is 0 Å². The van der Waals surface area contributed by atoms with Gasteiger partial charge in [-0.15, -0.1) is 0 Å². The summed E-state index contributed by atoms with van der Waals surface area (Å²) in [7, 11) is 0. The highest BCUT2D eigenvalue weighted by Crippen LogP contribution is 2.25. The number of ether oxygens (including phenoxy) is 1. The zero-order chi connectivity index (χ0) is 14.5. The molecule has 0 atom stereocenters. The second kappa shape index (κ2) is 6.29. The Morgan fingerprint density at radius 1 is 1.55 bits per heavy atom. The van der Waals surface area contributed by atoms with Crippen LogP contribution in [0.15, 0.2) is 24.4 Å². The van der Waals surface area contributed by atoms with Gasteiger partial charge in [0.15, 0.2) is 16.7 Å².